The first-order valence-corrected chi connectivity index (χ1v) is 5.95. The molecule has 0 fully saturated rings. The molecule has 0 saturated heterocycles. The van der Waals surface area contributed by atoms with Gasteiger partial charge in [0, 0.05) is 11.7 Å². The van der Waals surface area contributed by atoms with E-state index in [-0.39, 0.29) is 6.04 Å². The van der Waals surface area contributed by atoms with Crippen LogP contribution in [0.5, 0.6) is 0 Å². The van der Waals surface area contributed by atoms with E-state index in [0.29, 0.717) is 5.69 Å². The van der Waals surface area contributed by atoms with Crippen molar-refractivity contribution in [3.63, 3.8) is 0 Å². The van der Waals surface area contributed by atoms with Gasteiger partial charge in [-0.2, -0.15) is 13.2 Å². The zero-order valence-electron chi connectivity index (χ0n) is 10.4. The van der Waals surface area contributed by atoms with Crippen molar-refractivity contribution in [2.45, 2.75) is 19.1 Å². The van der Waals surface area contributed by atoms with Crippen molar-refractivity contribution in [1.82, 2.24) is 0 Å². The minimum Gasteiger partial charge on any atom is -0.379 e. The summed E-state index contributed by atoms with van der Waals surface area (Å²) in [6.07, 6.45) is -4.29. The number of benzene rings is 2. The summed E-state index contributed by atoms with van der Waals surface area (Å²) in [5, 5.41) is 3.17. The van der Waals surface area contributed by atoms with Gasteiger partial charge in [0.05, 0.1) is 5.56 Å². The Balaban J connectivity index is 2.08. The van der Waals surface area contributed by atoms with E-state index < -0.39 is 11.7 Å². The first-order chi connectivity index (χ1) is 8.97. The van der Waals surface area contributed by atoms with Crippen molar-refractivity contribution in [2.75, 3.05) is 5.32 Å². The molecule has 2 rings (SSSR count). The summed E-state index contributed by atoms with van der Waals surface area (Å²) in [6.45, 7) is 1.97. The van der Waals surface area contributed by atoms with Crippen LogP contribution >= 0.6 is 0 Å². The highest BCUT2D eigenvalue weighted by Crippen LogP contribution is 2.30. The lowest BCUT2D eigenvalue weighted by molar-refractivity contribution is -0.137. The Kier molecular flexibility index (Phi) is 3.79. The van der Waals surface area contributed by atoms with Gasteiger partial charge in [-0.3, -0.25) is 0 Å². The summed E-state index contributed by atoms with van der Waals surface area (Å²) >= 11 is 0. The molecule has 19 heavy (non-hydrogen) atoms. The Morgan fingerprint density at radius 2 is 1.47 bits per heavy atom. The zero-order chi connectivity index (χ0) is 13.9. The van der Waals surface area contributed by atoms with Crippen LogP contribution < -0.4 is 5.32 Å². The highest BCUT2D eigenvalue weighted by Gasteiger charge is 2.29. The van der Waals surface area contributed by atoms with E-state index in [2.05, 4.69) is 5.32 Å². The van der Waals surface area contributed by atoms with Crippen LogP contribution in [0.4, 0.5) is 18.9 Å². The van der Waals surface area contributed by atoms with Crippen LogP contribution in [0.15, 0.2) is 54.6 Å². The molecule has 0 radical (unpaired) electrons. The normalized spacial score (nSPS) is 13.1. The maximum atomic E-state index is 12.4. The summed E-state index contributed by atoms with van der Waals surface area (Å²) < 4.78 is 37.3. The third-order valence-electron chi connectivity index (χ3n) is 2.89. The number of alkyl halides is 3. The number of halogens is 3. The maximum absolute atomic E-state index is 12.4. The molecule has 1 N–H and O–H groups in total. The molecular weight excluding hydrogens is 251 g/mol. The van der Waals surface area contributed by atoms with Crippen LogP contribution in [-0.2, 0) is 6.18 Å². The predicted molar refractivity (Wildman–Crippen MR) is 69.9 cm³/mol. The Labute approximate surface area is 110 Å². The van der Waals surface area contributed by atoms with Crippen LogP contribution in [-0.4, -0.2) is 0 Å². The fraction of sp³-hybridized carbons (Fsp3) is 0.200. The van der Waals surface area contributed by atoms with Crippen LogP contribution in [0.2, 0.25) is 0 Å². The van der Waals surface area contributed by atoms with Crippen molar-refractivity contribution in [3.8, 4) is 0 Å². The lowest BCUT2D eigenvalue weighted by Gasteiger charge is -2.16. The number of hydrogen-bond donors (Lipinski definition) is 1. The van der Waals surface area contributed by atoms with Crippen molar-refractivity contribution in [1.29, 1.82) is 0 Å². The van der Waals surface area contributed by atoms with E-state index in [1.165, 1.54) is 12.1 Å². The van der Waals surface area contributed by atoms with Crippen LogP contribution in [0.3, 0.4) is 0 Å². The molecule has 1 atom stereocenters. The van der Waals surface area contributed by atoms with Gasteiger partial charge >= 0.3 is 6.18 Å². The van der Waals surface area contributed by atoms with Gasteiger partial charge in [0.1, 0.15) is 0 Å². The highest BCUT2D eigenvalue weighted by atomic mass is 19.4. The van der Waals surface area contributed by atoms with Crippen LogP contribution in [0.1, 0.15) is 24.1 Å². The number of anilines is 1. The van der Waals surface area contributed by atoms with Gasteiger partial charge in [-0.1, -0.05) is 30.3 Å². The molecule has 0 saturated carbocycles. The third kappa shape index (κ3) is 3.50. The highest BCUT2D eigenvalue weighted by molar-refractivity contribution is 5.47. The van der Waals surface area contributed by atoms with Crippen LogP contribution in [0.25, 0.3) is 0 Å². The molecule has 0 heterocycles. The van der Waals surface area contributed by atoms with Gasteiger partial charge in [0.2, 0.25) is 0 Å². The van der Waals surface area contributed by atoms with E-state index >= 15 is 0 Å². The Bertz CT molecular complexity index is 517. The first-order valence-electron chi connectivity index (χ1n) is 5.95. The number of hydrogen-bond acceptors (Lipinski definition) is 1. The van der Waals surface area contributed by atoms with E-state index in [0.717, 1.165) is 17.7 Å². The summed E-state index contributed by atoms with van der Waals surface area (Å²) in [7, 11) is 0. The minimum atomic E-state index is -4.29. The predicted octanol–water partition coefficient (Wildman–Crippen LogP) is 4.88. The second kappa shape index (κ2) is 5.34. The topological polar surface area (TPSA) is 12.0 Å². The lowest BCUT2D eigenvalue weighted by atomic mass is 10.1. The SMILES string of the molecule is C[C@@H](Nc1ccc(C(F)(F)F)cc1)c1ccccc1. The molecule has 0 aliphatic rings. The molecule has 0 bridgehead atoms. The van der Waals surface area contributed by atoms with Gasteiger partial charge in [-0.25, -0.2) is 0 Å². The molecule has 0 unspecified atom stereocenters. The fourth-order valence-corrected chi connectivity index (χ4v) is 1.83. The maximum Gasteiger partial charge on any atom is 0.416 e. The second-order valence-corrected chi connectivity index (χ2v) is 4.35. The van der Waals surface area contributed by atoms with Crippen molar-refractivity contribution in [3.05, 3.63) is 65.7 Å². The van der Waals surface area contributed by atoms with E-state index in [1.807, 2.05) is 37.3 Å². The van der Waals surface area contributed by atoms with Crippen molar-refractivity contribution >= 4 is 5.69 Å². The standard InChI is InChI=1S/C15H14F3N/c1-11(12-5-3-2-4-6-12)19-14-9-7-13(8-10-14)15(16,17)18/h2-11,19H,1H3/t11-/m1/s1. The van der Waals surface area contributed by atoms with E-state index in [4.69, 9.17) is 0 Å². The molecule has 0 aliphatic carbocycles. The lowest BCUT2D eigenvalue weighted by Crippen LogP contribution is -2.08. The van der Waals surface area contributed by atoms with Gasteiger partial charge in [0.15, 0.2) is 0 Å². The minimum absolute atomic E-state index is 0.0398. The van der Waals surface area contributed by atoms with E-state index in [1.54, 1.807) is 0 Å². The molecule has 0 spiro atoms. The molecule has 1 nitrogen and oxygen atoms in total. The molecule has 0 aromatic heterocycles. The number of nitrogens with one attached hydrogen (secondary N) is 1. The molecular formula is C15H14F3N. The van der Waals surface area contributed by atoms with E-state index in [9.17, 15) is 13.2 Å². The van der Waals surface area contributed by atoms with Crippen LogP contribution in [0, 0.1) is 0 Å². The molecule has 0 aliphatic heterocycles. The monoisotopic (exact) mass is 265 g/mol. The Morgan fingerprint density at radius 3 is 2.00 bits per heavy atom. The van der Waals surface area contributed by atoms with Gasteiger partial charge in [0.25, 0.3) is 0 Å². The molecule has 100 valence electrons. The largest absolute Gasteiger partial charge is 0.416 e. The molecule has 2 aromatic rings. The van der Waals surface area contributed by atoms with Crippen molar-refractivity contribution < 1.29 is 13.2 Å². The average Bonchev–Trinajstić information content (AvgIpc) is 2.39. The Morgan fingerprint density at radius 1 is 0.895 bits per heavy atom. The van der Waals surface area contributed by atoms with Gasteiger partial charge in [-0.15, -0.1) is 0 Å². The summed E-state index contributed by atoms with van der Waals surface area (Å²) in [6, 6.07) is 14.8. The average molecular weight is 265 g/mol. The smallest absolute Gasteiger partial charge is 0.379 e. The first kappa shape index (κ1) is 13.5. The molecule has 0 amide bonds. The summed E-state index contributed by atoms with van der Waals surface area (Å²) in [5.74, 6) is 0. The summed E-state index contributed by atoms with van der Waals surface area (Å²) in [5.41, 5.74) is 1.12. The van der Waals surface area contributed by atoms with Crippen molar-refractivity contribution in [2.24, 2.45) is 0 Å². The molecule has 4 heteroatoms. The number of rotatable bonds is 3. The fourth-order valence-electron chi connectivity index (χ4n) is 1.83. The molecule has 2 aromatic carbocycles. The Hall–Kier alpha value is -1.97. The third-order valence-corrected chi connectivity index (χ3v) is 2.89. The second-order valence-electron chi connectivity index (χ2n) is 4.35. The quantitative estimate of drug-likeness (QED) is 0.834. The zero-order valence-corrected chi connectivity index (χ0v) is 10.4. The summed E-state index contributed by atoms with van der Waals surface area (Å²) in [4.78, 5) is 0. The van der Waals surface area contributed by atoms with Gasteiger partial charge < -0.3 is 5.32 Å². The van der Waals surface area contributed by atoms with Gasteiger partial charge in [-0.05, 0) is 36.8 Å².